The van der Waals surface area contributed by atoms with Gasteiger partial charge >= 0.3 is 5.97 Å². The molecule has 0 spiro atoms. The number of carbonyl (C=O) groups is 1. The van der Waals surface area contributed by atoms with E-state index in [9.17, 15) is 4.79 Å². The number of benzene rings is 2. The number of hydrogen-bond donors (Lipinski definition) is 1. The fourth-order valence-corrected chi connectivity index (χ4v) is 10.6. The molecule has 1 aliphatic heterocycles. The molecule has 3 rings (SSSR count). The Morgan fingerprint density at radius 2 is 1.18 bits per heavy atom. The molecule has 0 saturated carbocycles. The van der Waals surface area contributed by atoms with Crippen LogP contribution in [0.4, 0.5) is 0 Å². The third-order valence-corrected chi connectivity index (χ3v) is 12.4. The van der Waals surface area contributed by atoms with E-state index in [0.717, 1.165) is 31.7 Å². The number of hydrogen-bond acceptors (Lipinski definition) is 2. The second kappa shape index (κ2) is 14.5. The van der Waals surface area contributed by atoms with Crippen LogP contribution in [0.15, 0.2) is 60.7 Å². The van der Waals surface area contributed by atoms with Gasteiger partial charge in [-0.1, -0.05) is 74.9 Å². The minimum absolute atomic E-state index is 0.320. The molecule has 0 atom stereocenters. The minimum Gasteiger partial charge on any atom is -0.481 e. The van der Waals surface area contributed by atoms with Crippen molar-refractivity contribution in [2.75, 3.05) is 19.4 Å². The van der Waals surface area contributed by atoms with Gasteiger partial charge in [-0.2, -0.15) is 0 Å². The lowest BCUT2D eigenvalue weighted by atomic mass is 10.1. The summed E-state index contributed by atoms with van der Waals surface area (Å²) in [6.07, 6.45) is 14.8. The minimum atomic E-state index is -1.49. The quantitative estimate of drug-likeness (QED) is 0.230. The van der Waals surface area contributed by atoms with Crippen molar-refractivity contribution in [3.63, 3.8) is 0 Å². The number of aliphatic carboxylic acids is 1. The number of carboxylic acids is 1. The second-order valence-corrected chi connectivity index (χ2v) is 13.4. The van der Waals surface area contributed by atoms with Crippen molar-refractivity contribution in [3.8, 4) is 0 Å². The summed E-state index contributed by atoms with van der Waals surface area (Å²) < 4.78 is 5.77. The Labute approximate surface area is 201 Å². The molecule has 1 N–H and O–H groups in total. The van der Waals surface area contributed by atoms with Crippen molar-refractivity contribution in [2.45, 2.75) is 82.7 Å². The van der Waals surface area contributed by atoms with Gasteiger partial charge in [-0.05, 0) is 43.5 Å². The zero-order valence-corrected chi connectivity index (χ0v) is 21.1. The maximum atomic E-state index is 10.6. The third kappa shape index (κ3) is 7.94. The highest BCUT2D eigenvalue weighted by molar-refractivity contribution is 7.90. The van der Waals surface area contributed by atoms with E-state index in [1.54, 1.807) is 10.6 Å². The Morgan fingerprint density at radius 3 is 1.67 bits per heavy atom. The molecule has 1 heterocycles. The average Bonchev–Trinajstić information content (AvgIpc) is 2.86. The molecule has 180 valence electrons. The van der Waals surface area contributed by atoms with E-state index in [1.165, 1.54) is 63.9 Å². The van der Waals surface area contributed by atoms with Gasteiger partial charge in [0.25, 0.3) is 0 Å². The fourth-order valence-electron chi connectivity index (χ4n) is 5.40. The number of rotatable bonds is 15. The van der Waals surface area contributed by atoms with Gasteiger partial charge in [0.05, 0.1) is 42.9 Å². The normalized spacial score (nSPS) is 14.9. The molecule has 1 aliphatic rings. The Balaban J connectivity index is 1.56. The summed E-state index contributed by atoms with van der Waals surface area (Å²) in [7, 11) is -1.49. The van der Waals surface area contributed by atoms with Crippen LogP contribution in [0.1, 0.15) is 77.0 Å². The molecule has 2 aromatic carbocycles. The van der Waals surface area contributed by atoms with Gasteiger partial charge in [0, 0.05) is 19.3 Å². The van der Waals surface area contributed by atoms with Gasteiger partial charge in [-0.25, -0.2) is 0 Å². The Morgan fingerprint density at radius 1 is 0.727 bits per heavy atom. The van der Waals surface area contributed by atoms with E-state index in [-0.39, 0.29) is 0 Å². The highest BCUT2D eigenvalue weighted by atomic mass is 31.2. The fraction of sp³-hybridized carbons (Fsp3) is 0.552. The van der Waals surface area contributed by atoms with Crippen molar-refractivity contribution in [1.29, 1.82) is 0 Å². The summed E-state index contributed by atoms with van der Waals surface area (Å²) in [6.45, 7) is 1.80. The van der Waals surface area contributed by atoms with Crippen molar-refractivity contribution >= 4 is 23.8 Å². The van der Waals surface area contributed by atoms with Gasteiger partial charge in [-0.15, -0.1) is 0 Å². The molecule has 0 bridgehead atoms. The summed E-state index contributed by atoms with van der Waals surface area (Å²) in [5.74, 6) is -0.666. The maximum Gasteiger partial charge on any atom is 0.303 e. The molecule has 33 heavy (non-hydrogen) atoms. The van der Waals surface area contributed by atoms with Crippen molar-refractivity contribution in [1.82, 2.24) is 0 Å². The standard InChI is InChI=1S/C29H41O3P/c30-29(31)20-14-6-4-2-1-3-5-7-15-25-33(26-16-10-8-11-17-26,27-18-12-9-13-19-27)28-21-23-32-24-22-28/h8-13,16-19,28H,1-7,14-15,20-25H2/p+1. The molecule has 0 aromatic heterocycles. The second-order valence-electron chi connectivity index (χ2n) is 9.43. The predicted molar refractivity (Wildman–Crippen MR) is 142 cm³/mol. The van der Waals surface area contributed by atoms with E-state index >= 15 is 0 Å². The first kappa shape index (κ1) is 25.9. The van der Waals surface area contributed by atoms with E-state index in [4.69, 9.17) is 9.84 Å². The molecular weight excluding hydrogens is 427 g/mol. The van der Waals surface area contributed by atoms with Crippen LogP contribution in [-0.4, -0.2) is 36.1 Å². The number of ether oxygens (including phenoxy) is 1. The van der Waals surface area contributed by atoms with Crippen LogP contribution in [0.5, 0.6) is 0 Å². The number of unbranched alkanes of at least 4 members (excludes halogenated alkanes) is 8. The molecule has 1 fully saturated rings. The zero-order valence-electron chi connectivity index (χ0n) is 20.2. The molecule has 0 radical (unpaired) electrons. The molecular formula is C29H42O3P+. The number of carboxylic acid groups (broad SMARTS) is 1. The highest BCUT2D eigenvalue weighted by Gasteiger charge is 2.49. The summed E-state index contributed by atoms with van der Waals surface area (Å²) in [5.41, 5.74) is 0.724. The monoisotopic (exact) mass is 469 g/mol. The van der Waals surface area contributed by atoms with Gasteiger partial charge in [-0.3, -0.25) is 4.79 Å². The highest BCUT2D eigenvalue weighted by Crippen LogP contribution is 2.63. The van der Waals surface area contributed by atoms with Crippen LogP contribution in [0.25, 0.3) is 0 Å². The first-order valence-corrected chi connectivity index (χ1v) is 15.1. The lowest BCUT2D eigenvalue weighted by Crippen LogP contribution is -2.37. The van der Waals surface area contributed by atoms with Crippen LogP contribution in [0.2, 0.25) is 0 Å². The first-order chi connectivity index (χ1) is 16.2. The molecule has 0 unspecified atom stereocenters. The van der Waals surface area contributed by atoms with Crippen molar-refractivity contribution < 1.29 is 14.6 Å². The molecule has 4 heteroatoms. The SMILES string of the molecule is O=C(O)CCCCCCCCCCC[P+](c1ccccc1)(c1ccccc1)C1CCOCC1. The first-order valence-electron chi connectivity index (χ1n) is 13.0. The van der Waals surface area contributed by atoms with Crippen LogP contribution in [0.3, 0.4) is 0 Å². The van der Waals surface area contributed by atoms with E-state index < -0.39 is 13.2 Å². The van der Waals surface area contributed by atoms with E-state index in [1.807, 2.05) is 0 Å². The van der Waals surface area contributed by atoms with Crippen LogP contribution in [-0.2, 0) is 9.53 Å². The van der Waals surface area contributed by atoms with Gasteiger partial charge < -0.3 is 9.84 Å². The Kier molecular flexibility index (Phi) is 11.4. The molecule has 0 aliphatic carbocycles. The Hall–Kier alpha value is -1.70. The van der Waals surface area contributed by atoms with Crippen LogP contribution in [0, 0.1) is 0 Å². The summed E-state index contributed by atoms with van der Waals surface area (Å²) in [5, 5.41) is 11.9. The van der Waals surface area contributed by atoms with Gasteiger partial charge in [0.15, 0.2) is 0 Å². The van der Waals surface area contributed by atoms with E-state index in [2.05, 4.69) is 60.7 Å². The molecule has 0 amide bonds. The largest absolute Gasteiger partial charge is 0.481 e. The topological polar surface area (TPSA) is 46.5 Å². The van der Waals surface area contributed by atoms with Crippen molar-refractivity contribution in [2.24, 2.45) is 0 Å². The molecule has 1 saturated heterocycles. The van der Waals surface area contributed by atoms with Gasteiger partial charge in [0.1, 0.15) is 0 Å². The summed E-state index contributed by atoms with van der Waals surface area (Å²) in [6, 6.07) is 22.8. The lowest BCUT2D eigenvalue weighted by molar-refractivity contribution is -0.137. The molecule has 3 nitrogen and oxygen atoms in total. The summed E-state index contributed by atoms with van der Waals surface area (Å²) >= 11 is 0. The van der Waals surface area contributed by atoms with Crippen molar-refractivity contribution in [3.05, 3.63) is 60.7 Å². The zero-order chi connectivity index (χ0) is 23.2. The maximum absolute atomic E-state index is 10.6. The van der Waals surface area contributed by atoms with Crippen LogP contribution < -0.4 is 10.6 Å². The molecule has 2 aromatic rings. The third-order valence-electron chi connectivity index (χ3n) is 7.15. The Bertz CT molecular complexity index is 748. The lowest BCUT2D eigenvalue weighted by Gasteiger charge is -2.37. The van der Waals surface area contributed by atoms with Crippen LogP contribution >= 0.6 is 7.26 Å². The van der Waals surface area contributed by atoms with E-state index in [0.29, 0.717) is 6.42 Å². The van der Waals surface area contributed by atoms with Gasteiger partial charge in [0.2, 0.25) is 0 Å². The smallest absolute Gasteiger partial charge is 0.303 e. The average molecular weight is 470 g/mol. The summed E-state index contributed by atoms with van der Waals surface area (Å²) in [4.78, 5) is 10.6. The predicted octanol–water partition coefficient (Wildman–Crippen LogP) is 6.82.